The van der Waals surface area contributed by atoms with Gasteiger partial charge in [0.1, 0.15) is 5.82 Å². The molecule has 1 aliphatic carbocycles. The molecule has 1 amide bonds. The van der Waals surface area contributed by atoms with Crippen molar-refractivity contribution in [2.24, 2.45) is 17.8 Å². The van der Waals surface area contributed by atoms with Crippen molar-refractivity contribution < 1.29 is 4.79 Å². The second-order valence-electron chi connectivity index (χ2n) is 11.1. The van der Waals surface area contributed by atoms with Crippen molar-refractivity contribution in [2.75, 3.05) is 63.1 Å². The second-order valence-corrected chi connectivity index (χ2v) is 11.1. The zero-order valence-corrected chi connectivity index (χ0v) is 20.4. The number of hydrogen-bond donors (Lipinski definition) is 1. The maximum atomic E-state index is 12.9. The summed E-state index contributed by atoms with van der Waals surface area (Å²) < 4.78 is 0. The zero-order valence-electron chi connectivity index (χ0n) is 20.4. The first kappa shape index (κ1) is 22.2. The van der Waals surface area contributed by atoms with Gasteiger partial charge in [0.15, 0.2) is 0 Å². The number of carbonyl (C=O) groups excluding carboxylic acids is 1. The number of rotatable bonds is 5. The summed E-state index contributed by atoms with van der Waals surface area (Å²) in [5.41, 5.74) is 3.27. The van der Waals surface area contributed by atoms with Crippen LogP contribution < -0.4 is 10.2 Å². The summed E-state index contributed by atoms with van der Waals surface area (Å²) >= 11 is 0. The van der Waals surface area contributed by atoms with Crippen LogP contribution in [-0.4, -0.2) is 73.6 Å². The Hall–Kier alpha value is -2.60. The molecule has 3 fully saturated rings. The molecule has 1 aromatic carbocycles. The second kappa shape index (κ2) is 8.64. The van der Waals surface area contributed by atoms with Crippen LogP contribution in [0.5, 0.6) is 0 Å². The van der Waals surface area contributed by atoms with Crippen molar-refractivity contribution in [3.05, 3.63) is 53.7 Å². The number of piperazine rings is 1. The number of aromatic nitrogens is 1. The van der Waals surface area contributed by atoms with Crippen LogP contribution in [0.2, 0.25) is 0 Å². The van der Waals surface area contributed by atoms with E-state index in [1.54, 1.807) is 0 Å². The fourth-order valence-corrected chi connectivity index (χ4v) is 5.36. The van der Waals surface area contributed by atoms with Gasteiger partial charge in [0.25, 0.3) is 5.91 Å². The maximum Gasteiger partial charge on any atom is 0.253 e. The molecule has 0 bridgehead atoms. The zero-order chi connectivity index (χ0) is 23.2. The number of piperidine rings is 1. The minimum Gasteiger partial charge on any atom is -0.383 e. The number of carbonyl (C=O) groups is 1. The Labute approximate surface area is 198 Å². The summed E-state index contributed by atoms with van der Waals surface area (Å²) in [6.07, 6.45) is 1.96. The molecule has 5 rings (SSSR count). The molecule has 0 radical (unpaired) electrons. The van der Waals surface area contributed by atoms with Gasteiger partial charge in [0.2, 0.25) is 0 Å². The molecule has 1 aromatic heterocycles. The van der Waals surface area contributed by atoms with Crippen LogP contribution in [0.15, 0.2) is 42.6 Å². The Morgan fingerprint density at radius 3 is 2.24 bits per heavy atom. The highest BCUT2D eigenvalue weighted by atomic mass is 16.2. The predicted octanol–water partition coefficient (Wildman–Crippen LogP) is 3.56. The van der Waals surface area contributed by atoms with Crippen molar-refractivity contribution in [3.8, 4) is 0 Å². The molecule has 176 valence electrons. The molecule has 3 aliphatic rings. The standard InChI is InChI=1S/C27H37N5O/c1-27(2,3)20-7-5-19(6-8-20)26(33)32-17-23-22(24(23)18-32)16-28-21-9-10-25(29-15-21)31-13-11-30(4)12-14-31/h5-10,15,22-24,28H,11-14,16-18H2,1-4H3. The van der Waals surface area contributed by atoms with Gasteiger partial charge >= 0.3 is 0 Å². The fourth-order valence-electron chi connectivity index (χ4n) is 5.36. The third-order valence-electron chi connectivity index (χ3n) is 7.77. The highest BCUT2D eigenvalue weighted by Gasteiger charge is 2.56. The lowest BCUT2D eigenvalue weighted by atomic mass is 9.86. The van der Waals surface area contributed by atoms with E-state index < -0.39 is 0 Å². The number of hydrogen-bond acceptors (Lipinski definition) is 5. The first-order chi connectivity index (χ1) is 15.8. The number of amides is 1. The molecule has 6 heteroatoms. The summed E-state index contributed by atoms with van der Waals surface area (Å²) in [4.78, 5) is 24.4. The Balaban J connectivity index is 1.08. The maximum absolute atomic E-state index is 12.9. The van der Waals surface area contributed by atoms with Gasteiger partial charge in [-0.3, -0.25) is 4.79 Å². The number of fused-ring (bicyclic) bond motifs is 1. The summed E-state index contributed by atoms with van der Waals surface area (Å²) in [5.74, 6) is 3.18. The Morgan fingerprint density at radius 2 is 1.67 bits per heavy atom. The van der Waals surface area contributed by atoms with E-state index in [1.807, 2.05) is 23.2 Å². The van der Waals surface area contributed by atoms with Crippen LogP contribution in [0.4, 0.5) is 11.5 Å². The van der Waals surface area contributed by atoms with Gasteiger partial charge < -0.3 is 20.0 Å². The van der Waals surface area contributed by atoms with Crippen molar-refractivity contribution in [1.82, 2.24) is 14.8 Å². The Kier molecular flexibility index (Phi) is 5.81. The topological polar surface area (TPSA) is 51.7 Å². The minimum absolute atomic E-state index is 0.109. The third-order valence-corrected chi connectivity index (χ3v) is 7.77. The highest BCUT2D eigenvalue weighted by molar-refractivity contribution is 5.94. The number of likely N-dealkylation sites (N-methyl/N-ethyl adjacent to an activating group) is 1. The van der Waals surface area contributed by atoms with Gasteiger partial charge in [-0.25, -0.2) is 4.98 Å². The largest absolute Gasteiger partial charge is 0.383 e. The molecule has 3 heterocycles. The SMILES string of the molecule is CN1CCN(c2ccc(NCC3C4CN(C(=O)c5ccc(C(C)(C)C)cc5)CC34)cn2)CC1. The minimum atomic E-state index is 0.109. The first-order valence-corrected chi connectivity index (χ1v) is 12.3. The molecular weight excluding hydrogens is 410 g/mol. The normalized spacial score (nSPS) is 25.2. The first-order valence-electron chi connectivity index (χ1n) is 12.3. The molecule has 2 aliphatic heterocycles. The summed E-state index contributed by atoms with van der Waals surface area (Å²) in [7, 11) is 2.17. The van der Waals surface area contributed by atoms with E-state index in [0.717, 1.165) is 62.9 Å². The highest BCUT2D eigenvalue weighted by Crippen LogP contribution is 2.51. The number of anilines is 2. The quantitative estimate of drug-likeness (QED) is 0.760. The van der Waals surface area contributed by atoms with Gasteiger partial charge in [-0.1, -0.05) is 32.9 Å². The lowest BCUT2D eigenvalue weighted by molar-refractivity contribution is 0.0768. The van der Waals surface area contributed by atoms with Gasteiger partial charge in [0.05, 0.1) is 11.9 Å². The molecule has 0 spiro atoms. The molecule has 1 saturated carbocycles. The molecule has 33 heavy (non-hydrogen) atoms. The van der Waals surface area contributed by atoms with Crippen molar-refractivity contribution in [1.29, 1.82) is 0 Å². The summed E-state index contributed by atoms with van der Waals surface area (Å²) in [6, 6.07) is 12.5. The third kappa shape index (κ3) is 4.72. The van der Waals surface area contributed by atoms with E-state index in [1.165, 1.54) is 5.56 Å². The smallest absolute Gasteiger partial charge is 0.253 e. The van der Waals surface area contributed by atoms with E-state index in [2.05, 4.69) is 72.2 Å². The number of nitrogens with zero attached hydrogens (tertiary/aromatic N) is 4. The molecule has 2 saturated heterocycles. The fraction of sp³-hybridized carbons (Fsp3) is 0.556. The molecule has 2 atom stereocenters. The van der Waals surface area contributed by atoms with Gasteiger partial charge in [0, 0.05) is 51.4 Å². The van der Waals surface area contributed by atoms with E-state index in [0.29, 0.717) is 17.8 Å². The molecule has 2 aromatic rings. The van der Waals surface area contributed by atoms with Crippen LogP contribution >= 0.6 is 0 Å². The lowest BCUT2D eigenvalue weighted by Gasteiger charge is -2.33. The van der Waals surface area contributed by atoms with Crippen LogP contribution in [-0.2, 0) is 5.41 Å². The van der Waals surface area contributed by atoms with Crippen molar-refractivity contribution >= 4 is 17.4 Å². The van der Waals surface area contributed by atoms with E-state index >= 15 is 0 Å². The van der Waals surface area contributed by atoms with E-state index in [-0.39, 0.29) is 11.3 Å². The van der Waals surface area contributed by atoms with Gasteiger partial charge in [-0.2, -0.15) is 0 Å². The van der Waals surface area contributed by atoms with Crippen molar-refractivity contribution in [2.45, 2.75) is 26.2 Å². The van der Waals surface area contributed by atoms with Crippen LogP contribution in [0.1, 0.15) is 36.7 Å². The Morgan fingerprint density at radius 1 is 1.00 bits per heavy atom. The van der Waals surface area contributed by atoms with E-state index in [9.17, 15) is 4.79 Å². The summed E-state index contributed by atoms with van der Waals surface area (Å²) in [5, 5.41) is 3.58. The van der Waals surface area contributed by atoms with Crippen LogP contribution in [0.25, 0.3) is 0 Å². The lowest BCUT2D eigenvalue weighted by Crippen LogP contribution is -2.44. The predicted molar refractivity (Wildman–Crippen MR) is 134 cm³/mol. The number of likely N-dealkylation sites (tertiary alicyclic amines) is 1. The van der Waals surface area contributed by atoms with Crippen LogP contribution in [0, 0.1) is 17.8 Å². The van der Waals surface area contributed by atoms with Gasteiger partial charge in [-0.15, -0.1) is 0 Å². The number of benzene rings is 1. The Bertz CT molecular complexity index is 961. The van der Waals surface area contributed by atoms with Crippen LogP contribution in [0.3, 0.4) is 0 Å². The van der Waals surface area contributed by atoms with E-state index in [4.69, 9.17) is 0 Å². The van der Waals surface area contributed by atoms with Gasteiger partial charge in [-0.05, 0) is 60.0 Å². The molecule has 2 unspecified atom stereocenters. The average molecular weight is 448 g/mol. The number of nitrogens with one attached hydrogen (secondary N) is 1. The van der Waals surface area contributed by atoms with Crippen molar-refractivity contribution in [3.63, 3.8) is 0 Å². The summed E-state index contributed by atoms with van der Waals surface area (Å²) in [6.45, 7) is 13.6. The molecular formula is C27H37N5O. The molecule has 1 N–H and O–H groups in total. The average Bonchev–Trinajstić information content (AvgIpc) is 3.26. The monoisotopic (exact) mass is 447 g/mol. The number of pyridine rings is 1. The molecule has 6 nitrogen and oxygen atoms in total.